The summed E-state index contributed by atoms with van der Waals surface area (Å²) in [5, 5.41) is 6.72. The molecule has 108 valence electrons. The maximum absolute atomic E-state index is 5.96. The minimum atomic E-state index is 0.255. The van der Waals surface area contributed by atoms with Crippen LogP contribution in [0.1, 0.15) is 24.5 Å². The molecule has 1 aliphatic heterocycles. The fourth-order valence-corrected chi connectivity index (χ4v) is 3.34. The Morgan fingerprint density at radius 1 is 1.58 bits per heavy atom. The second-order valence-corrected chi connectivity index (χ2v) is 6.42. The Morgan fingerprint density at radius 3 is 2.95 bits per heavy atom. The number of aryl methyl sites for hydroxylation is 1. The molecule has 0 bridgehead atoms. The van der Waals surface area contributed by atoms with E-state index in [2.05, 4.69) is 34.4 Å². The number of likely N-dealkylation sites (N-methyl/N-ethyl adjacent to an activating group) is 1. The lowest BCUT2D eigenvalue weighted by molar-refractivity contribution is -0.0541. The van der Waals surface area contributed by atoms with Gasteiger partial charge in [0.15, 0.2) is 0 Å². The van der Waals surface area contributed by atoms with E-state index < -0.39 is 0 Å². The molecular formula is C14H25N3OS. The van der Waals surface area contributed by atoms with E-state index in [-0.39, 0.29) is 6.10 Å². The highest BCUT2D eigenvalue weighted by Gasteiger charge is 2.28. The Morgan fingerprint density at radius 2 is 2.37 bits per heavy atom. The number of nitrogens with one attached hydrogen (secondary N) is 1. The van der Waals surface area contributed by atoms with E-state index in [1.165, 1.54) is 5.01 Å². The number of aromatic nitrogens is 1. The smallest absolute Gasteiger partial charge is 0.0944 e. The number of hydrogen-bond donors (Lipinski definition) is 1. The predicted octanol–water partition coefficient (Wildman–Crippen LogP) is 1.69. The minimum absolute atomic E-state index is 0.255. The topological polar surface area (TPSA) is 37.4 Å². The Bertz CT molecular complexity index is 394. The van der Waals surface area contributed by atoms with Crippen LogP contribution in [0.2, 0.25) is 0 Å². The van der Waals surface area contributed by atoms with Crippen molar-refractivity contribution in [3.8, 4) is 0 Å². The van der Waals surface area contributed by atoms with Crippen LogP contribution in [0.25, 0.3) is 0 Å². The fourth-order valence-electron chi connectivity index (χ4n) is 2.51. The number of nitrogens with zero attached hydrogens (tertiary/aromatic N) is 2. The van der Waals surface area contributed by atoms with Crippen molar-refractivity contribution in [2.24, 2.45) is 0 Å². The summed E-state index contributed by atoms with van der Waals surface area (Å²) < 4.78 is 5.96. The molecule has 5 heteroatoms. The minimum Gasteiger partial charge on any atom is -0.374 e. The largest absolute Gasteiger partial charge is 0.374 e. The first-order valence-electron chi connectivity index (χ1n) is 7.04. The number of ether oxygens (including phenoxy) is 1. The molecule has 2 rings (SSSR count). The Balaban J connectivity index is 1.96. The Kier molecular flexibility index (Phi) is 5.33. The molecule has 1 fully saturated rings. The lowest BCUT2D eigenvalue weighted by Gasteiger charge is -2.38. The van der Waals surface area contributed by atoms with Gasteiger partial charge in [-0.3, -0.25) is 4.90 Å². The van der Waals surface area contributed by atoms with Crippen molar-refractivity contribution in [2.45, 2.75) is 45.4 Å². The molecule has 0 aliphatic carbocycles. The molecule has 2 atom stereocenters. The quantitative estimate of drug-likeness (QED) is 0.892. The molecule has 1 N–H and O–H groups in total. The normalized spacial score (nSPS) is 22.9. The zero-order valence-corrected chi connectivity index (χ0v) is 13.2. The maximum atomic E-state index is 5.96. The molecule has 1 aromatic heterocycles. The molecule has 19 heavy (non-hydrogen) atoms. The molecule has 2 unspecified atom stereocenters. The third-order valence-corrected chi connectivity index (χ3v) is 4.72. The van der Waals surface area contributed by atoms with Crippen molar-refractivity contribution >= 4 is 11.3 Å². The zero-order valence-electron chi connectivity index (χ0n) is 12.3. The highest BCUT2D eigenvalue weighted by Crippen LogP contribution is 2.17. The van der Waals surface area contributed by atoms with E-state index in [4.69, 9.17) is 4.74 Å². The maximum Gasteiger partial charge on any atom is 0.0944 e. The van der Waals surface area contributed by atoms with Crippen molar-refractivity contribution in [1.82, 2.24) is 15.2 Å². The first-order chi connectivity index (χ1) is 9.10. The van der Waals surface area contributed by atoms with Gasteiger partial charge < -0.3 is 10.1 Å². The summed E-state index contributed by atoms with van der Waals surface area (Å²) in [6.45, 7) is 9.43. The first-order valence-corrected chi connectivity index (χ1v) is 7.92. The summed E-state index contributed by atoms with van der Waals surface area (Å²) in [6.07, 6.45) is 1.20. The summed E-state index contributed by atoms with van der Waals surface area (Å²) in [6, 6.07) is 0.929. The van der Waals surface area contributed by atoms with Crippen LogP contribution in [0.5, 0.6) is 0 Å². The lowest BCUT2D eigenvalue weighted by atomic mass is 10.1. The monoisotopic (exact) mass is 283 g/mol. The van der Waals surface area contributed by atoms with E-state index in [1.807, 2.05) is 14.0 Å². The van der Waals surface area contributed by atoms with E-state index in [1.54, 1.807) is 11.3 Å². The van der Waals surface area contributed by atoms with Crippen LogP contribution in [-0.2, 0) is 11.2 Å². The molecule has 0 aromatic carbocycles. The van der Waals surface area contributed by atoms with Crippen LogP contribution in [0.15, 0.2) is 5.38 Å². The fraction of sp³-hybridized carbons (Fsp3) is 0.786. The van der Waals surface area contributed by atoms with Crippen LogP contribution in [0, 0.1) is 6.92 Å². The third-order valence-electron chi connectivity index (χ3n) is 3.74. The average Bonchev–Trinajstić information content (AvgIpc) is 2.81. The molecule has 0 amide bonds. The van der Waals surface area contributed by atoms with Gasteiger partial charge in [-0.1, -0.05) is 0 Å². The molecule has 2 heterocycles. The zero-order chi connectivity index (χ0) is 13.8. The molecule has 0 radical (unpaired) electrons. The molecular weight excluding hydrogens is 258 g/mol. The van der Waals surface area contributed by atoms with Crippen molar-refractivity contribution in [2.75, 3.05) is 26.7 Å². The molecule has 0 saturated carbocycles. The SMILES string of the molecule is CNC(Cc1nc(C)cs1)C1CN(C(C)C)CCO1. The molecule has 1 saturated heterocycles. The lowest BCUT2D eigenvalue weighted by Crippen LogP contribution is -2.53. The second kappa shape index (κ2) is 6.79. The molecule has 0 spiro atoms. The molecule has 1 aliphatic rings. The highest BCUT2D eigenvalue weighted by atomic mass is 32.1. The standard InChI is InChI=1S/C14H25N3OS/c1-10(2)17-5-6-18-13(8-17)12(15-4)7-14-16-11(3)9-19-14/h9-10,12-13,15H,5-8H2,1-4H3. The van der Waals surface area contributed by atoms with Gasteiger partial charge in [-0.25, -0.2) is 4.98 Å². The van der Waals surface area contributed by atoms with Crippen LogP contribution in [0.4, 0.5) is 0 Å². The van der Waals surface area contributed by atoms with Gasteiger partial charge in [0.1, 0.15) is 0 Å². The summed E-state index contributed by atoms with van der Waals surface area (Å²) in [5.41, 5.74) is 1.11. The van der Waals surface area contributed by atoms with E-state index in [0.29, 0.717) is 12.1 Å². The van der Waals surface area contributed by atoms with Gasteiger partial charge in [-0.15, -0.1) is 11.3 Å². The molecule has 4 nitrogen and oxygen atoms in total. The summed E-state index contributed by atoms with van der Waals surface area (Å²) in [4.78, 5) is 7.05. The van der Waals surface area contributed by atoms with E-state index in [0.717, 1.165) is 31.8 Å². The summed E-state index contributed by atoms with van der Waals surface area (Å²) in [7, 11) is 2.02. The second-order valence-electron chi connectivity index (χ2n) is 5.48. The van der Waals surface area contributed by atoms with Gasteiger partial charge in [-0.2, -0.15) is 0 Å². The van der Waals surface area contributed by atoms with Crippen molar-refractivity contribution in [3.05, 3.63) is 16.1 Å². The Hall–Kier alpha value is -0.490. The van der Waals surface area contributed by atoms with Gasteiger partial charge in [0.05, 0.1) is 17.7 Å². The Labute approximate surface area is 120 Å². The third kappa shape index (κ3) is 3.99. The van der Waals surface area contributed by atoms with Crippen LogP contribution >= 0.6 is 11.3 Å². The summed E-state index contributed by atoms with van der Waals surface area (Å²) in [5.74, 6) is 0. The van der Waals surface area contributed by atoms with Gasteiger partial charge >= 0.3 is 0 Å². The number of morpholine rings is 1. The van der Waals surface area contributed by atoms with E-state index >= 15 is 0 Å². The van der Waals surface area contributed by atoms with Gasteiger partial charge in [0.2, 0.25) is 0 Å². The highest BCUT2D eigenvalue weighted by molar-refractivity contribution is 7.09. The predicted molar refractivity (Wildman–Crippen MR) is 79.9 cm³/mol. The van der Waals surface area contributed by atoms with Crippen molar-refractivity contribution in [3.63, 3.8) is 0 Å². The van der Waals surface area contributed by atoms with Crippen molar-refractivity contribution in [1.29, 1.82) is 0 Å². The van der Waals surface area contributed by atoms with Gasteiger partial charge in [-0.05, 0) is 27.8 Å². The van der Waals surface area contributed by atoms with Crippen LogP contribution < -0.4 is 5.32 Å². The van der Waals surface area contributed by atoms with Gasteiger partial charge in [0.25, 0.3) is 0 Å². The van der Waals surface area contributed by atoms with Crippen molar-refractivity contribution < 1.29 is 4.74 Å². The van der Waals surface area contributed by atoms with E-state index in [9.17, 15) is 0 Å². The van der Waals surface area contributed by atoms with Crippen LogP contribution in [-0.4, -0.2) is 54.8 Å². The summed E-state index contributed by atoms with van der Waals surface area (Å²) >= 11 is 1.74. The average molecular weight is 283 g/mol. The number of rotatable bonds is 5. The number of thiazole rings is 1. The van der Waals surface area contributed by atoms with Gasteiger partial charge in [0, 0.05) is 42.7 Å². The number of hydrogen-bond acceptors (Lipinski definition) is 5. The molecule has 1 aromatic rings. The van der Waals surface area contributed by atoms with Crippen LogP contribution in [0.3, 0.4) is 0 Å². The first kappa shape index (κ1) is 14.9.